The van der Waals surface area contributed by atoms with E-state index in [0.29, 0.717) is 0 Å². The highest BCUT2D eigenvalue weighted by Gasteiger charge is 2.29. The number of carbonyl (C=O) groups is 1. The molecular formula is C16H10F4O. The van der Waals surface area contributed by atoms with Crippen molar-refractivity contribution in [3.05, 3.63) is 77.1 Å². The van der Waals surface area contributed by atoms with Gasteiger partial charge >= 0.3 is 6.18 Å². The Hall–Kier alpha value is -2.43. The summed E-state index contributed by atoms with van der Waals surface area (Å²) < 4.78 is 51.0. The Morgan fingerprint density at radius 1 is 0.905 bits per heavy atom. The molecule has 0 spiro atoms. The molecule has 21 heavy (non-hydrogen) atoms. The summed E-state index contributed by atoms with van der Waals surface area (Å²) in [7, 11) is 0. The van der Waals surface area contributed by atoms with Gasteiger partial charge in [-0.15, -0.1) is 0 Å². The average molecular weight is 294 g/mol. The molecule has 5 heteroatoms. The fourth-order valence-electron chi connectivity index (χ4n) is 1.71. The van der Waals surface area contributed by atoms with E-state index in [9.17, 15) is 22.4 Å². The zero-order valence-corrected chi connectivity index (χ0v) is 10.7. The van der Waals surface area contributed by atoms with Gasteiger partial charge in [-0.25, -0.2) is 4.39 Å². The predicted octanol–water partition coefficient (Wildman–Crippen LogP) is 4.90. The van der Waals surface area contributed by atoms with Gasteiger partial charge in [0, 0.05) is 5.56 Å². The van der Waals surface area contributed by atoms with Crippen LogP contribution in [0.3, 0.4) is 0 Å². The lowest BCUT2D eigenvalue weighted by molar-refractivity contribution is -0.137. The van der Waals surface area contributed by atoms with E-state index in [-0.39, 0.29) is 11.1 Å². The Bertz CT molecular complexity index is 655. The van der Waals surface area contributed by atoms with E-state index < -0.39 is 23.3 Å². The van der Waals surface area contributed by atoms with Crippen LogP contribution < -0.4 is 0 Å². The highest BCUT2D eigenvalue weighted by Crippen LogP contribution is 2.29. The van der Waals surface area contributed by atoms with E-state index in [0.717, 1.165) is 30.3 Å². The zero-order valence-electron chi connectivity index (χ0n) is 10.7. The molecule has 0 unspecified atom stereocenters. The molecule has 0 saturated carbocycles. The van der Waals surface area contributed by atoms with Crippen molar-refractivity contribution in [2.24, 2.45) is 0 Å². The molecule has 0 heterocycles. The molecule has 2 aromatic rings. The quantitative estimate of drug-likeness (QED) is 0.447. The second kappa shape index (κ2) is 5.91. The third-order valence-electron chi connectivity index (χ3n) is 2.78. The van der Waals surface area contributed by atoms with Crippen molar-refractivity contribution in [2.75, 3.05) is 0 Å². The number of alkyl halides is 3. The van der Waals surface area contributed by atoms with Gasteiger partial charge in [0.05, 0.1) is 5.56 Å². The molecule has 0 saturated heterocycles. The van der Waals surface area contributed by atoms with Crippen LogP contribution in [0.2, 0.25) is 0 Å². The largest absolute Gasteiger partial charge is 0.416 e. The molecule has 0 fully saturated rings. The Morgan fingerprint density at radius 3 is 2.00 bits per heavy atom. The highest BCUT2D eigenvalue weighted by molar-refractivity contribution is 6.09. The van der Waals surface area contributed by atoms with E-state index >= 15 is 0 Å². The van der Waals surface area contributed by atoms with Crippen molar-refractivity contribution >= 4 is 11.9 Å². The Labute approximate surface area is 118 Å². The molecule has 0 aromatic heterocycles. The second-order valence-electron chi connectivity index (χ2n) is 4.31. The van der Waals surface area contributed by atoms with Crippen molar-refractivity contribution in [1.29, 1.82) is 0 Å². The first kappa shape index (κ1) is 15.0. The summed E-state index contributed by atoms with van der Waals surface area (Å²) in [5, 5.41) is 0. The molecule has 0 aliphatic rings. The minimum absolute atomic E-state index is 0.179. The van der Waals surface area contributed by atoms with Crippen LogP contribution in [0.1, 0.15) is 21.5 Å². The molecule has 2 aromatic carbocycles. The number of halogens is 4. The van der Waals surface area contributed by atoms with Gasteiger partial charge in [-0.1, -0.05) is 42.5 Å². The maximum absolute atomic E-state index is 13.8. The summed E-state index contributed by atoms with van der Waals surface area (Å²) in [5.41, 5.74) is -0.461. The van der Waals surface area contributed by atoms with E-state index in [4.69, 9.17) is 0 Å². The predicted molar refractivity (Wildman–Crippen MR) is 71.3 cm³/mol. The maximum atomic E-state index is 13.8. The van der Waals surface area contributed by atoms with Crippen LogP contribution in [0.25, 0.3) is 6.08 Å². The Morgan fingerprint density at radius 2 is 1.48 bits per heavy atom. The van der Waals surface area contributed by atoms with Gasteiger partial charge in [0.1, 0.15) is 0 Å². The Kier molecular flexibility index (Phi) is 4.21. The molecule has 0 N–H and O–H groups in total. The van der Waals surface area contributed by atoms with Crippen LogP contribution in [0.5, 0.6) is 0 Å². The summed E-state index contributed by atoms with van der Waals surface area (Å²) >= 11 is 0. The number of allylic oxidation sites excluding steroid dienone is 1. The second-order valence-corrected chi connectivity index (χ2v) is 4.31. The van der Waals surface area contributed by atoms with Crippen molar-refractivity contribution in [3.63, 3.8) is 0 Å². The van der Waals surface area contributed by atoms with E-state index in [1.165, 1.54) is 12.1 Å². The number of hydrogen-bond acceptors (Lipinski definition) is 1. The maximum Gasteiger partial charge on any atom is 0.416 e. The number of rotatable bonds is 3. The number of Topliss-reactive ketones (excluding diaryl/α,β-unsaturated/α-hetero) is 1. The van der Waals surface area contributed by atoms with Crippen molar-refractivity contribution < 1.29 is 22.4 Å². The van der Waals surface area contributed by atoms with E-state index in [1.807, 2.05) is 0 Å². The minimum atomic E-state index is -4.44. The van der Waals surface area contributed by atoms with Crippen LogP contribution in [0, 0.1) is 0 Å². The SMILES string of the molecule is O=C(C(F)=Cc1ccc(C(F)(F)F)cc1)c1ccccc1. The van der Waals surface area contributed by atoms with Crippen molar-refractivity contribution in [3.8, 4) is 0 Å². The molecule has 0 bridgehead atoms. The molecule has 2 rings (SSSR count). The van der Waals surface area contributed by atoms with Gasteiger partial charge in [-0.3, -0.25) is 4.79 Å². The fourth-order valence-corrected chi connectivity index (χ4v) is 1.71. The summed E-state index contributed by atoms with van der Waals surface area (Å²) in [6, 6.07) is 11.7. The molecule has 0 amide bonds. The molecule has 0 aliphatic carbocycles. The molecule has 0 aliphatic heterocycles. The number of carbonyl (C=O) groups excluding carboxylic acids is 1. The van der Waals surface area contributed by atoms with Gasteiger partial charge in [0.25, 0.3) is 0 Å². The topological polar surface area (TPSA) is 17.1 Å². The van der Waals surface area contributed by atoms with Gasteiger partial charge in [-0.2, -0.15) is 13.2 Å². The summed E-state index contributed by atoms with van der Waals surface area (Å²) in [6.07, 6.45) is -3.53. The van der Waals surface area contributed by atoms with Crippen LogP contribution >= 0.6 is 0 Å². The third kappa shape index (κ3) is 3.78. The molecular weight excluding hydrogens is 284 g/mol. The fraction of sp³-hybridized carbons (Fsp3) is 0.0625. The number of hydrogen-bond donors (Lipinski definition) is 0. The third-order valence-corrected chi connectivity index (χ3v) is 2.78. The van der Waals surface area contributed by atoms with Crippen LogP contribution in [-0.2, 0) is 6.18 Å². The number of ketones is 1. The van der Waals surface area contributed by atoms with Gasteiger partial charge in [-0.05, 0) is 23.8 Å². The van der Waals surface area contributed by atoms with Crippen LogP contribution in [0.15, 0.2) is 60.4 Å². The van der Waals surface area contributed by atoms with Crippen LogP contribution in [0.4, 0.5) is 17.6 Å². The summed E-state index contributed by atoms with van der Waals surface area (Å²) in [4.78, 5) is 11.8. The monoisotopic (exact) mass is 294 g/mol. The standard InChI is InChI=1S/C16H10F4O/c17-14(15(21)12-4-2-1-3-5-12)10-11-6-8-13(9-7-11)16(18,19)20/h1-10H. The van der Waals surface area contributed by atoms with E-state index in [2.05, 4.69) is 0 Å². The van der Waals surface area contributed by atoms with Crippen molar-refractivity contribution in [2.45, 2.75) is 6.18 Å². The lowest BCUT2D eigenvalue weighted by Crippen LogP contribution is -2.04. The lowest BCUT2D eigenvalue weighted by Gasteiger charge is -2.06. The van der Waals surface area contributed by atoms with Gasteiger partial charge in [0.15, 0.2) is 5.83 Å². The first-order valence-electron chi connectivity index (χ1n) is 6.02. The Balaban J connectivity index is 2.21. The van der Waals surface area contributed by atoms with Crippen molar-refractivity contribution in [1.82, 2.24) is 0 Å². The zero-order chi connectivity index (χ0) is 15.5. The minimum Gasteiger partial charge on any atom is -0.286 e. The number of benzene rings is 2. The van der Waals surface area contributed by atoms with Gasteiger partial charge < -0.3 is 0 Å². The molecule has 1 nitrogen and oxygen atoms in total. The molecule has 0 atom stereocenters. The summed E-state index contributed by atoms with van der Waals surface area (Å²) in [5.74, 6) is -1.84. The normalized spacial score (nSPS) is 12.3. The van der Waals surface area contributed by atoms with E-state index in [1.54, 1.807) is 18.2 Å². The van der Waals surface area contributed by atoms with Gasteiger partial charge in [0.2, 0.25) is 5.78 Å². The smallest absolute Gasteiger partial charge is 0.286 e. The lowest BCUT2D eigenvalue weighted by atomic mass is 10.1. The van der Waals surface area contributed by atoms with Crippen LogP contribution in [-0.4, -0.2) is 5.78 Å². The first-order valence-corrected chi connectivity index (χ1v) is 6.02. The highest BCUT2D eigenvalue weighted by atomic mass is 19.4. The molecule has 108 valence electrons. The first-order chi connectivity index (χ1) is 9.88. The molecule has 0 radical (unpaired) electrons. The average Bonchev–Trinajstić information content (AvgIpc) is 2.47. The summed E-state index contributed by atoms with van der Waals surface area (Å²) in [6.45, 7) is 0.